The summed E-state index contributed by atoms with van der Waals surface area (Å²) in [7, 11) is 1.84. The molecule has 0 bridgehead atoms. The van der Waals surface area contributed by atoms with Crippen LogP contribution in [0.2, 0.25) is 10.0 Å². The Kier molecular flexibility index (Phi) is 3.69. The minimum Gasteiger partial charge on any atom is -0.275 e. The molecule has 0 saturated heterocycles. The average Bonchev–Trinajstić information content (AvgIpc) is 2.70. The highest BCUT2D eigenvalue weighted by Gasteiger charge is 2.19. The van der Waals surface area contributed by atoms with Gasteiger partial charge in [0.25, 0.3) is 0 Å². The standard InChI is InChI=1S/C11H12Cl2N4/c1-17-6-7(5-15-17)11(16-14)10-8(12)3-2-4-9(10)13/h2-6,11,16H,14H2,1H3. The van der Waals surface area contributed by atoms with Crippen molar-refractivity contribution in [3.8, 4) is 0 Å². The second-order valence-corrected chi connectivity index (χ2v) is 4.50. The maximum absolute atomic E-state index is 6.15. The number of hydrazine groups is 1. The number of nitrogens with zero attached hydrogens (tertiary/aromatic N) is 2. The molecule has 0 spiro atoms. The van der Waals surface area contributed by atoms with Crippen LogP contribution in [0.4, 0.5) is 0 Å². The minimum atomic E-state index is -0.273. The number of nitrogens with one attached hydrogen (secondary N) is 1. The van der Waals surface area contributed by atoms with E-state index in [1.807, 2.05) is 13.2 Å². The van der Waals surface area contributed by atoms with Gasteiger partial charge in [0.1, 0.15) is 0 Å². The molecule has 17 heavy (non-hydrogen) atoms. The molecule has 0 aliphatic heterocycles. The van der Waals surface area contributed by atoms with Crippen LogP contribution in [0.15, 0.2) is 30.6 Å². The molecule has 1 heterocycles. The molecule has 0 aliphatic carbocycles. The van der Waals surface area contributed by atoms with Gasteiger partial charge in [-0.2, -0.15) is 5.10 Å². The molecule has 4 nitrogen and oxygen atoms in total. The molecule has 0 radical (unpaired) electrons. The maximum Gasteiger partial charge on any atom is 0.0769 e. The molecule has 1 unspecified atom stereocenters. The first-order valence-electron chi connectivity index (χ1n) is 5.02. The van der Waals surface area contributed by atoms with E-state index in [2.05, 4.69) is 10.5 Å². The van der Waals surface area contributed by atoms with E-state index in [0.29, 0.717) is 10.0 Å². The number of benzene rings is 1. The van der Waals surface area contributed by atoms with Crippen LogP contribution in [-0.4, -0.2) is 9.78 Å². The van der Waals surface area contributed by atoms with Gasteiger partial charge in [-0.15, -0.1) is 0 Å². The summed E-state index contributed by atoms with van der Waals surface area (Å²) in [5, 5.41) is 5.25. The SMILES string of the molecule is Cn1cc(C(NN)c2c(Cl)cccc2Cl)cn1. The second kappa shape index (κ2) is 5.06. The normalized spacial score (nSPS) is 12.7. The van der Waals surface area contributed by atoms with E-state index >= 15 is 0 Å². The molecule has 1 aromatic heterocycles. The van der Waals surface area contributed by atoms with E-state index in [-0.39, 0.29) is 6.04 Å². The zero-order valence-corrected chi connectivity index (χ0v) is 10.7. The summed E-state index contributed by atoms with van der Waals surface area (Å²) in [4.78, 5) is 0. The Morgan fingerprint density at radius 1 is 1.35 bits per heavy atom. The summed E-state index contributed by atoms with van der Waals surface area (Å²) in [5.41, 5.74) is 4.37. The van der Waals surface area contributed by atoms with E-state index in [1.165, 1.54) is 0 Å². The smallest absolute Gasteiger partial charge is 0.0769 e. The van der Waals surface area contributed by atoms with Gasteiger partial charge >= 0.3 is 0 Å². The molecular formula is C11H12Cl2N4. The topological polar surface area (TPSA) is 55.9 Å². The first-order valence-corrected chi connectivity index (χ1v) is 5.77. The molecule has 3 N–H and O–H groups in total. The van der Waals surface area contributed by atoms with Gasteiger partial charge in [0, 0.05) is 34.4 Å². The van der Waals surface area contributed by atoms with E-state index in [1.54, 1.807) is 29.1 Å². The lowest BCUT2D eigenvalue weighted by molar-refractivity contribution is 0.636. The van der Waals surface area contributed by atoms with Crippen molar-refractivity contribution in [2.24, 2.45) is 12.9 Å². The Bertz CT molecular complexity index is 504. The molecule has 1 atom stereocenters. The Morgan fingerprint density at radius 2 is 2.00 bits per heavy atom. The minimum absolute atomic E-state index is 0.273. The first-order chi connectivity index (χ1) is 8.13. The van der Waals surface area contributed by atoms with Crippen molar-refractivity contribution in [1.82, 2.24) is 15.2 Å². The first kappa shape index (κ1) is 12.4. The van der Waals surface area contributed by atoms with Gasteiger partial charge in [-0.1, -0.05) is 29.3 Å². The van der Waals surface area contributed by atoms with Crippen molar-refractivity contribution in [2.75, 3.05) is 0 Å². The van der Waals surface area contributed by atoms with Crippen molar-refractivity contribution in [1.29, 1.82) is 0 Å². The number of hydrogen-bond acceptors (Lipinski definition) is 3. The van der Waals surface area contributed by atoms with Gasteiger partial charge in [0.2, 0.25) is 0 Å². The summed E-state index contributed by atoms with van der Waals surface area (Å²) in [6.07, 6.45) is 3.59. The van der Waals surface area contributed by atoms with E-state index in [9.17, 15) is 0 Å². The lowest BCUT2D eigenvalue weighted by Gasteiger charge is -2.17. The van der Waals surface area contributed by atoms with Crippen LogP contribution in [0.5, 0.6) is 0 Å². The van der Waals surface area contributed by atoms with Crippen LogP contribution in [-0.2, 0) is 7.05 Å². The molecule has 1 aromatic carbocycles. The lowest BCUT2D eigenvalue weighted by atomic mass is 10.0. The predicted octanol–water partition coefficient (Wildman–Crippen LogP) is 2.28. The third kappa shape index (κ3) is 2.45. The van der Waals surface area contributed by atoms with E-state index < -0.39 is 0 Å². The van der Waals surface area contributed by atoms with Crippen LogP contribution >= 0.6 is 23.2 Å². The summed E-state index contributed by atoms with van der Waals surface area (Å²) >= 11 is 12.3. The molecule has 0 saturated carbocycles. The zero-order valence-electron chi connectivity index (χ0n) is 9.19. The quantitative estimate of drug-likeness (QED) is 0.665. The molecule has 2 rings (SSSR count). The second-order valence-electron chi connectivity index (χ2n) is 3.68. The summed E-state index contributed by atoms with van der Waals surface area (Å²) < 4.78 is 1.70. The van der Waals surface area contributed by atoms with Gasteiger partial charge < -0.3 is 0 Å². The van der Waals surface area contributed by atoms with Crippen molar-refractivity contribution >= 4 is 23.2 Å². The highest BCUT2D eigenvalue weighted by molar-refractivity contribution is 6.36. The molecule has 0 aliphatic rings. The molecule has 0 amide bonds. The highest BCUT2D eigenvalue weighted by Crippen LogP contribution is 2.33. The lowest BCUT2D eigenvalue weighted by Crippen LogP contribution is -2.29. The fraction of sp³-hybridized carbons (Fsp3) is 0.182. The molecule has 90 valence electrons. The van der Waals surface area contributed by atoms with Gasteiger partial charge in [-0.05, 0) is 12.1 Å². The fourth-order valence-corrected chi connectivity index (χ4v) is 2.34. The van der Waals surface area contributed by atoms with Gasteiger partial charge in [0.05, 0.1) is 12.2 Å². The Morgan fingerprint density at radius 3 is 2.47 bits per heavy atom. The van der Waals surface area contributed by atoms with E-state index in [0.717, 1.165) is 11.1 Å². The summed E-state index contributed by atoms with van der Waals surface area (Å²) in [6, 6.07) is 5.09. The van der Waals surface area contributed by atoms with Gasteiger partial charge in [-0.25, -0.2) is 5.43 Å². The number of aromatic nitrogens is 2. The maximum atomic E-state index is 6.15. The van der Waals surface area contributed by atoms with Crippen LogP contribution in [0.3, 0.4) is 0 Å². The Balaban J connectivity index is 2.49. The Hall–Kier alpha value is -1.07. The van der Waals surface area contributed by atoms with Crippen molar-refractivity contribution < 1.29 is 0 Å². The monoisotopic (exact) mass is 270 g/mol. The number of aryl methyl sites for hydroxylation is 1. The fourth-order valence-electron chi connectivity index (χ4n) is 1.72. The summed E-state index contributed by atoms with van der Waals surface area (Å²) in [5.74, 6) is 5.58. The van der Waals surface area contributed by atoms with E-state index in [4.69, 9.17) is 29.0 Å². The molecule has 2 aromatic rings. The van der Waals surface area contributed by atoms with Crippen molar-refractivity contribution in [3.63, 3.8) is 0 Å². The number of rotatable bonds is 3. The van der Waals surface area contributed by atoms with Crippen LogP contribution in [0.25, 0.3) is 0 Å². The van der Waals surface area contributed by atoms with Crippen LogP contribution in [0, 0.1) is 0 Å². The number of hydrogen-bond donors (Lipinski definition) is 2. The van der Waals surface area contributed by atoms with Crippen LogP contribution in [0.1, 0.15) is 17.2 Å². The molecule has 0 fully saturated rings. The molecular weight excluding hydrogens is 259 g/mol. The zero-order chi connectivity index (χ0) is 12.4. The van der Waals surface area contributed by atoms with Gasteiger partial charge in [0.15, 0.2) is 0 Å². The predicted molar refractivity (Wildman–Crippen MR) is 68.8 cm³/mol. The Labute approximate surface area is 109 Å². The highest BCUT2D eigenvalue weighted by atomic mass is 35.5. The van der Waals surface area contributed by atoms with Crippen molar-refractivity contribution in [3.05, 3.63) is 51.8 Å². The number of halogens is 2. The largest absolute Gasteiger partial charge is 0.275 e. The number of nitrogens with two attached hydrogens (primary N) is 1. The summed E-state index contributed by atoms with van der Waals surface area (Å²) in [6.45, 7) is 0. The van der Waals surface area contributed by atoms with Gasteiger partial charge in [-0.3, -0.25) is 10.5 Å². The van der Waals surface area contributed by atoms with Crippen molar-refractivity contribution in [2.45, 2.75) is 6.04 Å². The third-order valence-electron chi connectivity index (χ3n) is 2.51. The molecule has 6 heteroatoms. The average molecular weight is 271 g/mol. The third-order valence-corrected chi connectivity index (χ3v) is 3.17. The van der Waals surface area contributed by atoms with Crippen LogP contribution < -0.4 is 11.3 Å².